The fourth-order valence-corrected chi connectivity index (χ4v) is 2.71. The first-order chi connectivity index (χ1) is 12.9. The molecular weight excluding hydrogens is 338 g/mol. The van der Waals surface area contributed by atoms with Gasteiger partial charge in [-0.1, -0.05) is 63.3 Å². The van der Waals surface area contributed by atoms with Gasteiger partial charge in [0.2, 0.25) is 5.90 Å². The summed E-state index contributed by atoms with van der Waals surface area (Å²) in [5.41, 5.74) is 3.27. The number of benzene rings is 2. The maximum Gasteiger partial charge on any atom is 0.363 e. The van der Waals surface area contributed by atoms with Gasteiger partial charge in [-0.15, -0.1) is 0 Å². The lowest BCUT2D eigenvalue weighted by molar-refractivity contribution is -0.130. The largest absolute Gasteiger partial charge is 0.496 e. The van der Waals surface area contributed by atoms with Crippen LogP contribution in [0.2, 0.25) is 0 Å². The van der Waals surface area contributed by atoms with Crippen LogP contribution in [0.4, 0.5) is 0 Å². The molecule has 2 aromatic carbocycles. The average molecular weight is 361 g/mol. The summed E-state index contributed by atoms with van der Waals surface area (Å²) in [6.45, 7) is 6.47. The van der Waals surface area contributed by atoms with E-state index in [1.165, 1.54) is 5.56 Å². The van der Waals surface area contributed by atoms with Crippen molar-refractivity contribution in [1.29, 1.82) is 0 Å². The number of carbonyl (C=O) groups is 1. The Morgan fingerprint density at radius 3 is 2.41 bits per heavy atom. The Labute approximate surface area is 159 Å². The fourth-order valence-electron chi connectivity index (χ4n) is 2.71. The Hall–Kier alpha value is -3.14. The van der Waals surface area contributed by atoms with Gasteiger partial charge in [0.15, 0.2) is 5.70 Å². The Balaban J connectivity index is 1.79. The normalized spacial score (nSPS) is 15.9. The van der Waals surface area contributed by atoms with Gasteiger partial charge in [0, 0.05) is 11.1 Å². The second kappa shape index (κ2) is 7.62. The third-order valence-electron chi connectivity index (χ3n) is 4.29. The number of carbonyl (C=O) groups excluding carboxylic acids is 1. The smallest absolute Gasteiger partial charge is 0.363 e. The van der Waals surface area contributed by atoms with Crippen LogP contribution in [0.3, 0.4) is 0 Å². The van der Waals surface area contributed by atoms with E-state index in [4.69, 9.17) is 9.47 Å². The van der Waals surface area contributed by atoms with E-state index in [-0.39, 0.29) is 11.1 Å². The van der Waals surface area contributed by atoms with Crippen LogP contribution in [-0.2, 0) is 14.9 Å². The molecule has 2 aromatic rings. The van der Waals surface area contributed by atoms with Crippen LogP contribution in [0.15, 0.2) is 71.4 Å². The monoisotopic (exact) mass is 361 g/mol. The molecule has 0 unspecified atom stereocenters. The summed E-state index contributed by atoms with van der Waals surface area (Å²) >= 11 is 0. The number of methoxy groups -OCH3 is 1. The first-order valence-corrected chi connectivity index (χ1v) is 8.81. The zero-order valence-electron chi connectivity index (χ0n) is 16.0. The van der Waals surface area contributed by atoms with E-state index < -0.39 is 5.97 Å². The number of hydrogen-bond acceptors (Lipinski definition) is 4. The van der Waals surface area contributed by atoms with Crippen LogP contribution in [0.5, 0.6) is 5.75 Å². The summed E-state index contributed by atoms with van der Waals surface area (Å²) in [5.74, 6) is 0.649. The Kier molecular flexibility index (Phi) is 5.26. The molecule has 27 heavy (non-hydrogen) atoms. The van der Waals surface area contributed by atoms with Crippen LogP contribution in [0.1, 0.15) is 37.5 Å². The molecule has 138 valence electrons. The van der Waals surface area contributed by atoms with Crippen molar-refractivity contribution in [3.05, 3.63) is 83.1 Å². The van der Waals surface area contributed by atoms with E-state index in [1.54, 1.807) is 19.3 Å². The molecule has 1 heterocycles. The molecule has 0 amide bonds. The highest BCUT2D eigenvalue weighted by atomic mass is 16.6. The van der Waals surface area contributed by atoms with E-state index >= 15 is 0 Å². The third-order valence-corrected chi connectivity index (χ3v) is 4.29. The standard InChI is InChI=1S/C23H23NO3/c1-23(2,3)18-14-12-17(13-15-18)21-24-19(22(25)27-21)10-7-9-16-8-5-6-11-20(16)26-4/h5-15H,1-4H3. The molecule has 0 radical (unpaired) electrons. The highest BCUT2D eigenvalue weighted by Crippen LogP contribution is 2.24. The molecule has 0 spiro atoms. The van der Waals surface area contributed by atoms with Crippen molar-refractivity contribution >= 4 is 17.9 Å². The number of rotatable bonds is 4. The Bertz CT molecular complexity index is 929. The van der Waals surface area contributed by atoms with Crippen molar-refractivity contribution < 1.29 is 14.3 Å². The molecule has 3 rings (SSSR count). The lowest BCUT2D eigenvalue weighted by atomic mass is 9.87. The van der Waals surface area contributed by atoms with Crippen molar-refractivity contribution in [2.24, 2.45) is 4.99 Å². The second-order valence-corrected chi connectivity index (χ2v) is 7.29. The summed E-state index contributed by atoms with van der Waals surface area (Å²) in [4.78, 5) is 16.4. The number of ether oxygens (including phenoxy) is 2. The summed E-state index contributed by atoms with van der Waals surface area (Å²) in [7, 11) is 1.63. The van der Waals surface area contributed by atoms with Crippen LogP contribution >= 0.6 is 0 Å². The van der Waals surface area contributed by atoms with Gasteiger partial charge in [0.25, 0.3) is 0 Å². The maximum absolute atomic E-state index is 12.1. The first kappa shape index (κ1) is 18.6. The predicted octanol–water partition coefficient (Wildman–Crippen LogP) is 4.89. The van der Waals surface area contributed by atoms with Crippen LogP contribution in [0.25, 0.3) is 6.08 Å². The second-order valence-electron chi connectivity index (χ2n) is 7.29. The number of allylic oxidation sites excluding steroid dienone is 2. The lowest BCUT2D eigenvalue weighted by Gasteiger charge is -2.18. The quantitative estimate of drug-likeness (QED) is 0.575. The van der Waals surface area contributed by atoms with E-state index in [9.17, 15) is 4.79 Å². The molecule has 1 aliphatic heterocycles. The van der Waals surface area contributed by atoms with Gasteiger partial charge in [-0.05, 0) is 35.3 Å². The van der Waals surface area contributed by atoms with Gasteiger partial charge in [0.1, 0.15) is 5.75 Å². The molecule has 0 bridgehead atoms. The highest BCUT2D eigenvalue weighted by Gasteiger charge is 2.24. The summed E-state index contributed by atoms with van der Waals surface area (Å²) in [6.07, 6.45) is 5.28. The molecule has 0 aromatic heterocycles. The van der Waals surface area contributed by atoms with Crippen LogP contribution < -0.4 is 4.74 Å². The maximum atomic E-state index is 12.1. The predicted molar refractivity (Wildman–Crippen MR) is 108 cm³/mol. The van der Waals surface area contributed by atoms with Gasteiger partial charge in [-0.2, -0.15) is 0 Å². The number of cyclic esters (lactones) is 1. The van der Waals surface area contributed by atoms with Gasteiger partial charge in [0.05, 0.1) is 7.11 Å². The number of aliphatic imine (C=N–C) groups is 1. The number of esters is 1. The Morgan fingerprint density at radius 1 is 1.04 bits per heavy atom. The fraction of sp³-hybridized carbons (Fsp3) is 0.217. The topological polar surface area (TPSA) is 47.9 Å². The third kappa shape index (κ3) is 4.34. The Morgan fingerprint density at radius 2 is 1.74 bits per heavy atom. The first-order valence-electron chi connectivity index (χ1n) is 8.81. The van der Waals surface area contributed by atoms with E-state index in [0.29, 0.717) is 5.90 Å². The SMILES string of the molecule is COc1ccccc1C=CC=C1N=C(c2ccc(C(C)(C)C)cc2)OC1=O. The van der Waals surface area contributed by atoms with Gasteiger partial charge in [-0.25, -0.2) is 9.79 Å². The zero-order valence-corrected chi connectivity index (χ0v) is 16.0. The van der Waals surface area contributed by atoms with Gasteiger partial charge >= 0.3 is 5.97 Å². The minimum atomic E-state index is -0.449. The van der Waals surface area contributed by atoms with Crippen molar-refractivity contribution in [3.8, 4) is 5.75 Å². The molecule has 0 N–H and O–H groups in total. The molecular formula is C23H23NO3. The summed E-state index contributed by atoms with van der Waals surface area (Å²) < 4.78 is 10.6. The molecule has 0 fully saturated rings. The van der Waals surface area contributed by atoms with Crippen LogP contribution in [-0.4, -0.2) is 19.0 Å². The number of hydrogen-bond donors (Lipinski definition) is 0. The van der Waals surface area contributed by atoms with Crippen molar-refractivity contribution in [1.82, 2.24) is 0 Å². The summed E-state index contributed by atoms with van der Waals surface area (Å²) in [5, 5.41) is 0. The molecule has 0 atom stereocenters. The zero-order chi connectivity index (χ0) is 19.4. The lowest BCUT2D eigenvalue weighted by Crippen LogP contribution is -2.11. The van der Waals surface area contributed by atoms with Crippen molar-refractivity contribution in [2.75, 3.05) is 7.11 Å². The van der Waals surface area contributed by atoms with E-state index in [1.807, 2.05) is 54.6 Å². The molecule has 0 aliphatic carbocycles. The minimum absolute atomic E-state index is 0.0705. The van der Waals surface area contributed by atoms with Crippen molar-refractivity contribution in [2.45, 2.75) is 26.2 Å². The van der Waals surface area contributed by atoms with E-state index in [0.717, 1.165) is 16.9 Å². The van der Waals surface area contributed by atoms with Gasteiger partial charge in [-0.3, -0.25) is 0 Å². The number of para-hydroxylation sites is 1. The minimum Gasteiger partial charge on any atom is -0.496 e. The molecule has 4 heteroatoms. The summed E-state index contributed by atoms with van der Waals surface area (Å²) in [6, 6.07) is 15.6. The van der Waals surface area contributed by atoms with Crippen molar-refractivity contribution in [3.63, 3.8) is 0 Å². The molecule has 0 saturated heterocycles. The van der Waals surface area contributed by atoms with E-state index in [2.05, 4.69) is 25.8 Å². The molecule has 4 nitrogen and oxygen atoms in total. The molecule has 1 aliphatic rings. The van der Waals surface area contributed by atoms with Crippen LogP contribution in [0, 0.1) is 0 Å². The van der Waals surface area contributed by atoms with Gasteiger partial charge < -0.3 is 9.47 Å². The number of nitrogens with zero attached hydrogens (tertiary/aromatic N) is 1. The molecule has 0 saturated carbocycles. The average Bonchev–Trinajstić information content (AvgIpc) is 3.02. The highest BCUT2D eigenvalue weighted by molar-refractivity contribution is 6.11.